The molecule has 0 saturated carbocycles. The van der Waals surface area contributed by atoms with E-state index in [2.05, 4.69) is 6.92 Å². The fraction of sp³-hybridized carbons (Fsp3) is 1.00. The van der Waals surface area contributed by atoms with Gasteiger partial charge in [0.15, 0.2) is 0 Å². The van der Waals surface area contributed by atoms with E-state index < -0.39 is 11.7 Å². The van der Waals surface area contributed by atoms with Crippen LogP contribution >= 0.6 is 0 Å². The van der Waals surface area contributed by atoms with E-state index in [4.69, 9.17) is 9.84 Å². The van der Waals surface area contributed by atoms with Gasteiger partial charge < -0.3 is 14.9 Å². The van der Waals surface area contributed by atoms with E-state index >= 15 is 0 Å². The van der Waals surface area contributed by atoms with Crippen LogP contribution in [0.2, 0.25) is 0 Å². The smallest absolute Gasteiger partial charge is 0.0884 e. The summed E-state index contributed by atoms with van der Waals surface area (Å²) in [7, 11) is 0. The lowest BCUT2D eigenvalue weighted by atomic mass is 9.95. The Balaban J connectivity index is 3.39. The summed E-state index contributed by atoms with van der Waals surface area (Å²) in [5.74, 6) is 0. The molecule has 0 aliphatic heterocycles. The fourth-order valence-electron chi connectivity index (χ4n) is 3.02. The third-order valence-electron chi connectivity index (χ3n) is 4.91. The summed E-state index contributed by atoms with van der Waals surface area (Å²) in [6.45, 7) is 6.80. The van der Waals surface area contributed by atoms with E-state index in [1.54, 1.807) is 0 Å². The Bertz CT molecular complexity index is 253. The van der Waals surface area contributed by atoms with Crippen LogP contribution in [0.15, 0.2) is 0 Å². The SMILES string of the molecule is CCCCCCCCCCCCCCC(O)C(C)(C)OCCCO. The van der Waals surface area contributed by atoms with Crippen LogP contribution in [-0.2, 0) is 4.74 Å². The highest BCUT2D eigenvalue weighted by Gasteiger charge is 2.27. The summed E-state index contributed by atoms with van der Waals surface area (Å²) < 4.78 is 5.68. The van der Waals surface area contributed by atoms with Crippen LogP contribution in [0.1, 0.15) is 111 Å². The van der Waals surface area contributed by atoms with Crippen molar-refractivity contribution < 1.29 is 14.9 Å². The molecule has 3 nitrogen and oxygen atoms in total. The molecule has 24 heavy (non-hydrogen) atoms. The van der Waals surface area contributed by atoms with Crippen molar-refractivity contribution in [2.24, 2.45) is 0 Å². The van der Waals surface area contributed by atoms with Crippen molar-refractivity contribution in [3.8, 4) is 0 Å². The van der Waals surface area contributed by atoms with Gasteiger partial charge in [0.1, 0.15) is 0 Å². The van der Waals surface area contributed by atoms with Crippen molar-refractivity contribution in [2.45, 2.75) is 122 Å². The average molecular weight is 345 g/mol. The molecule has 0 amide bonds. The van der Waals surface area contributed by atoms with Gasteiger partial charge in [-0.2, -0.15) is 0 Å². The van der Waals surface area contributed by atoms with Crippen LogP contribution in [0.25, 0.3) is 0 Å². The Kier molecular flexibility index (Phi) is 16.3. The molecule has 0 radical (unpaired) electrons. The molecule has 0 aromatic carbocycles. The molecule has 146 valence electrons. The second-order valence-electron chi connectivity index (χ2n) is 7.72. The molecular weight excluding hydrogens is 300 g/mol. The van der Waals surface area contributed by atoms with Crippen LogP contribution in [0.5, 0.6) is 0 Å². The lowest BCUT2D eigenvalue weighted by Crippen LogP contribution is -2.39. The fourth-order valence-corrected chi connectivity index (χ4v) is 3.02. The van der Waals surface area contributed by atoms with Crippen molar-refractivity contribution in [3.63, 3.8) is 0 Å². The zero-order valence-electron chi connectivity index (χ0n) is 16.7. The average Bonchev–Trinajstić information content (AvgIpc) is 2.55. The standard InChI is InChI=1S/C21H44O3/c1-4-5-6-7-8-9-10-11-12-13-14-15-17-20(23)21(2,3)24-19-16-18-22/h20,22-23H,4-19H2,1-3H3. The summed E-state index contributed by atoms with van der Waals surface area (Å²) in [6.07, 6.45) is 17.1. The largest absolute Gasteiger partial charge is 0.396 e. The lowest BCUT2D eigenvalue weighted by Gasteiger charge is -2.31. The number of unbranched alkanes of at least 4 members (excludes halogenated alkanes) is 11. The first kappa shape index (κ1) is 23.9. The second kappa shape index (κ2) is 16.4. The number of aliphatic hydroxyl groups excluding tert-OH is 2. The van der Waals surface area contributed by atoms with Gasteiger partial charge in [-0.1, -0.05) is 84.0 Å². The molecule has 3 heteroatoms. The normalized spacial score (nSPS) is 13.4. The Morgan fingerprint density at radius 2 is 1.21 bits per heavy atom. The van der Waals surface area contributed by atoms with Gasteiger partial charge in [-0.25, -0.2) is 0 Å². The number of ether oxygens (including phenoxy) is 1. The van der Waals surface area contributed by atoms with Crippen molar-refractivity contribution in [1.82, 2.24) is 0 Å². The first-order valence-electron chi connectivity index (χ1n) is 10.5. The zero-order valence-corrected chi connectivity index (χ0v) is 16.7. The van der Waals surface area contributed by atoms with Gasteiger partial charge in [0.05, 0.1) is 11.7 Å². The molecule has 0 rings (SSSR count). The molecule has 1 unspecified atom stereocenters. The molecule has 0 saturated heterocycles. The first-order chi connectivity index (χ1) is 11.5. The van der Waals surface area contributed by atoms with E-state index in [0.29, 0.717) is 13.0 Å². The van der Waals surface area contributed by atoms with Crippen LogP contribution in [0, 0.1) is 0 Å². The van der Waals surface area contributed by atoms with E-state index in [1.807, 2.05) is 13.8 Å². The summed E-state index contributed by atoms with van der Waals surface area (Å²) in [5.41, 5.74) is -0.507. The monoisotopic (exact) mass is 344 g/mol. The van der Waals surface area contributed by atoms with Gasteiger partial charge >= 0.3 is 0 Å². The Hall–Kier alpha value is -0.120. The maximum Gasteiger partial charge on any atom is 0.0884 e. The number of aliphatic hydroxyl groups is 2. The summed E-state index contributed by atoms with van der Waals surface area (Å²) in [4.78, 5) is 0. The van der Waals surface area contributed by atoms with Crippen molar-refractivity contribution in [1.29, 1.82) is 0 Å². The highest BCUT2D eigenvalue weighted by atomic mass is 16.5. The molecule has 1 atom stereocenters. The number of hydrogen-bond donors (Lipinski definition) is 2. The summed E-state index contributed by atoms with van der Waals surface area (Å²) in [6, 6.07) is 0. The van der Waals surface area contributed by atoms with Crippen LogP contribution in [0.4, 0.5) is 0 Å². The van der Waals surface area contributed by atoms with E-state index in [9.17, 15) is 5.11 Å². The van der Waals surface area contributed by atoms with E-state index in [0.717, 1.165) is 12.8 Å². The number of rotatable bonds is 18. The quantitative estimate of drug-likeness (QED) is 0.317. The highest BCUT2D eigenvalue weighted by molar-refractivity contribution is 4.78. The van der Waals surface area contributed by atoms with Crippen LogP contribution < -0.4 is 0 Å². The second-order valence-corrected chi connectivity index (χ2v) is 7.72. The topological polar surface area (TPSA) is 49.7 Å². The predicted octanol–water partition coefficient (Wildman–Crippen LogP) is 5.62. The van der Waals surface area contributed by atoms with Gasteiger partial charge in [-0.15, -0.1) is 0 Å². The minimum absolute atomic E-state index is 0.144. The Labute approximate surface area is 151 Å². The third-order valence-corrected chi connectivity index (χ3v) is 4.91. The minimum Gasteiger partial charge on any atom is -0.396 e. The Morgan fingerprint density at radius 3 is 1.67 bits per heavy atom. The first-order valence-corrected chi connectivity index (χ1v) is 10.5. The van der Waals surface area contributed by atoms with Crippen LogP contribution in [0.3, 0.4) is 0 Å². The molecule has 0 fully saturated rings. The van der Waals surface area contributed by atoms with Gasteiger partial charge in [0, 0.05) is 13.2 Å². The van der Waals surface area contributed by atoms with Gasteiger partial charge in [0.25, 0.3) is 0 Å². The molecule has 0 aromatic heterocycles. The third kappa shape index (κ3) is 14.2. The molecular formula is C21H44O3. The van der Waals surface area contributed by atoms with Crippen molar-refractivity contribution >= 4 is 0 Å². The lowest BCUT2D eigenvalue weighted by molar-refractivity contribution is -0.105. The minimum atomic E-state index is -0.507. The van der Waals surface area contributed by atoms with Gasteiger partial charge in [-0.05, 0) is 26.7 Å². The molecule has 0 aliphatic carbocycles. The van der Waals surface area contributed by atoms with Crippen LogP contribution in [-0.4, -0.2) is 35.1 Å². The number of hydrogen-bond acceptors (Lipinski definition) is 3. The zero-order chi connectivity index (χ0) is 18.1. The molecule has 0 heterocycles. The summed E-state index contributed by atoms with van der Waals surface area (Å²) >= 11 is 0. The molecule has 0 aromatic rings. The maximum absolute atomic E-state index is 10.3. The molecule has 2 N–H and O–H groups in total. The predicted molar refractivity (Wildman–Crippen MR) is 103 cm³/mol. The van der Waals surface area contributed by atoms with Gasteiger partial charge in [-0.3, -0.25) is 0 Å². The molecule has 0 spiro atoms. The highest BCUT2D eigenvalue weighted by Crippen LogP contribution is 2.21. The van der Waals surface area contributed by atoms with E-state index in [1.165, 1.54) is 70.6 Å². The molecule has 0 aliphatic rings. The van der Waals surface area contributed by atoms with E-state index in [-0.39, 0.29) is 6.61 Å². The summed E-state index contributed by atoms with van der Waals surface area (Å²) in [5, 5.41) is 19.0. The van der Waals surface area contributed by atoms with Gasteiger partial charge in [0.2, 0.25) is 0 Å². The van der Waals surface area contributed by atoms with Crippen molar-refractivity contribution in [2.75, 3.05) is 13.2 Å². The maximum atomic E-state index is 10.3. The molecule has 0 bridgehead atoms. The Morgan fingerprint density at radius 1 is 0.750 bits per heavy atom. The van der Waals surface area contributed by atoms with Crippen molar-refractivity contribution in [3.05, 3.63) is 0 Å².